The smallest absolute Gasteiger partial charge is 0.127 e. The molecule has 2 rings (SSSR count). The van der Waals surface area contributed by atoms with Gasteiger partial charge in [-0.3, -0.25) is 0 Å². The largest absolute Gasteiger partial charge is 0.381 e. The first-order valence-electron chi connectivity index (χ1n) is 5.41. The average molecular weight is 204 g/mol. The number of benzene rings is 1. The monoisotopic (exact) mass is 204 g/mol. The number of hydrogen-bond donors (Lipinski definition) is 0. The lowest BCUT2D eigenvalue weighted by molar-refractivity contribution is -0.110. The first kappa shape index (κ1) is 10.4. The van der Waals surface area contributed by atoms with Crippen molar-refractivity contribution in [3.05, 3.63) is 35.4 Å². The molecule has 0 aliphatic carbocycles. The van der Waals surface area contributed by atoms with Crippen molar-refractivity contribution in [1.29, 1.82) is 0 Å². The minimum atomic E-state index is 0.00806. The average Bonchev–Trinajstić information content (AvgIpc) is 2.75. The van der Waals surface area contributed by atoms with Crippen molar-refractivity contribution in [2.75, 3.05) is 13.2 Å². The molecule has 2 heteroatoms. The number of hydrogen-bond acceptors (Lipinski definition) is 2. The van der Waals surface area contributed by atoms with Gasteiger partial charge in [-0.2, -0.15) is 0 Å². The van der Waals surface area contributed by atoms with Crippen LogP contribution in [0.2, 0.25) is 0 Å². The number of ether oxygens (including phenoxy) is 1. The predicted molar refractivity (Wildman–Crippen MR) is 58.9 cm³/mol. The summed E-state index contributed by atoms with van der Waals surface area (Å²) < 4.78 is 5.34. The molecule has 0 amide bonds. The van der Waals surface area contributed by atoms with E-state index in [1.807, 2.05) is 18.2 Å². The van der Waals surface area contributed by atoms with E-state index in [-0.39, 0.29) is 5.92 Å². The zero-order valence-corrected chi connectivity index (χ0v) is 8.98. The molecular formula is C13H16O2. The van der Waals surface area contributed by atoms with Gasteiger partial charge < -0.3 is 9.53 Å². The van der Waals surface area contributed by atoms with Crippen LogP contribution in [0.4, 0.5) is 0 Å². The molecule has 1 heterocycles. The fourth-order valence-corrected chi connectivity index (χ4v) is 2.24. The van der Waals surface area contributed by atoms with Gasteiger partial charge in [0.15, 0.2) is 0 Å². The molecule has 1 saturated heterocycles. The second-order valence-electron chi connectivity index (χ2n) is 4.14. The summed E-state index contributed by atoms with van der Waals surface area (Å²) in [5.74, 6) is 0.372. The maximum absolute atomic E-state index is 11.2. The lowest BCUT2D eigenvalue weighted by Gasteiger charge is -2.18. The van der Waals surface area contributed by atoms with Gasteiger partial charge in [-0.25, -0.2) is 0 Å². The van der Waals surface area contributed by atoms with Gasteiger partial charge in [0.05, 0.1) is 6.61 Å². The van der Waals surface area contributed by atoms with Crippen molar-refractivity contribution in [3.8, 4) is 0 Å². The minimum Gasteiger partial charge on any atom is -0.381 e. The highest BCUT2D eigenvalue weighted by molar-refractivity contribution is 5.64. The molecule has 1 aromatic carbocycles. The zero-order chi connectivity index (χ0) is 10.7. The van der Waals surface area contributed by atoms with E-state index >= 15 is 0 Å². The van der Waals surface area contributed by atoms with Crippen molar-refractivity contribution in [2.24, 2.45) is 5.92 Å². The summed E-state index contributed by atoms with van der Waals surface area (Å²) in [5, 5.41) is 0. The maximum atomic E-state index is 11.2. The highest BCUT2D eigenvalue weighted by atomic mass is 16.5. The van der Waals surface area contributed by atoms with Gasteiger partial charge in [-0.1, -0.05) is 24.3 Å². The number of aldehydes is 1. The van der Waals surface area contributed by atoms with Crippen LogP contribution >= 0.6 is 0 Å². The highest BCUT2D eigenvalue weighted by Gasteiger charge is 2.27. The van der Waals surface area contributed by atoms with E-state index in [1.165, 1.54) is 5.56 Å². The summed E-state index contributed by atoms with van der Waals surface area (Å²) in [4.78, 5) is 11.2. The van der Waals surface area contributed by atoms with Gasteiger partial charge in [0.1, 0.15) is 6.29 Å². The fraction of sp³-hybridized carbons (Fsp3) is 0.462. The maximum Gasteiger partial charge on any atom is 0.127 e. The van der Waals surface area contributed by atoms with Crippen LogP contribution < -0.4 is 0 Å². The normalized spacial score (nSPS) is 22.6. The summed E-state index contributed by atoms with van der Waals surface area (Å²) in [5.41, 5.74) is 2.35. The Labute approximate surface area is 90.3 Å². The summed E-state index contributed by atoms with van der Waals surface area (Å²) >= 11 is 0. The predicted octanol–water partition coefficient (Wildman–Crippen LogP) is 2.31. The van der Waals surface area contributed by atoms with Crippen molar-refractivity contribution in [1.82, 2.24) is 0 Å². The van der Waals surface area contributed by atoms with Crippen molar-refractivity contribution in [2.45, 2.75) is 19.3 Å². The molecule has 0 aromatic heterocycles. The third-order valence-corrected chi connectivity index (χ3v) is 3.17. The van der Waals surface area contributed by atoms with Gasteiger partial charge in [0.2, 0.25) is 0 Å². The van der Waals surface area contributed by atoms with Crippen LogP contribution in [0.25, 0.3) is 0 Å². The van der Waals surface area contributed by atoms with Gasteiger partial charge >= 0.3 is 0 Å². The quantitative estimate of drug-likeness (QED) is 0.706. The first-order chi connectivity index (χ1) is 7.33. The Bertz CT molecular complexity index is 340. The molecule has 2 unspecified atom stereocenters. The minimum absolute atomic E-state index is 0.00806. The van der Waals surface area contributed by atoms with Gasteiger partial charge in [0, 0.05) is 12.5 Å². The van der Waals surface area contributed by atoms with Gasteiger partial charge in [-0.15, -0.1) is 0 Å². The Balaban J connectivity index is 2.26. The number of rotatable bonds is 3. The van der Waals surface area contributed by atoms with Crippen LogP contribution in [0.3, 0.4) is 0 Å². The van der Waals surface area contributed by atoms with Crippen LogP contribution in [0, 0.1) is 12.8 Å². The van der Waals surface area contributed by atoms with E-state index in [0.29, 0.717) is 5.92 Å². The molecule has 1 aliphatic heterocycles. The first-order valence-corrected chi connectivity index (χ1v) is 5.41. The summed E-state index contributed by atoms with van der Waals surface area (Å²) in [7, 11) is 0. The highest BCUT2D eigenvalue weighted by Crippen LogP contribution is 2.30. The van der Waals surface area contributed by atoms with E-state index in [9.17, 15) is 4.79 Å². The SMILES string of the molecule is Cc1ccccc1C(C=O)C1CCOC1. The van der Waals surface area contributed by atoms with Crippen LogP contribution in [0.15, 0.2) is 24.3 Å². The Morgan fingerprint density at radius 3 is 2.87 bits per heavy atom. The van der Waals surface area contributed by atoms with Gasteiger partial charge in [0.25, 0.3) is 0 Å². The zero-order valence-electron chi connectivity index (χ0n) is 8.98. The second-order valence-corrected chi connectivity index (χ2v) is 4.14. The second kappa shape index (κ2) is 4.58. The number of carbonyl (C=O) groups excluding carboxylic acids is 1. The molecule has 1 fully saturated rings. The Morgan fingerprint density at radius 2 is 2.27 bits per heavy atom. The number of aryl methyl sites for hydroxylation is 1. The van der Waals surface area contributed by atoms with E-state index < -0.39 is 0 Å². The van der Waals surface area contributed by atoms with E-state index in [0.717, 1.165) is 31.5 Å². The molecule has 1 aromatic rings. The Kier molecular flexibility index (Phi) is 3.17. The third kappa shape index (κ3) is 2.10. The summed E-state index contributed by atoms with van der Waals surface area (Å²) in [6.07, 6.45) is 2.07. The molecule has 0 N–H and O–H groups in total. The molecule has 80 valence electrons. The van der Waals surface area contributed by atoms with Crippen molar-refractivity contribution in [3.63, 3.8) is 0 Å². The van der Waals surface area contributed by atoms with Crippen molar-refractivity contribution < 1.29 is 9.53 Å². The molecule has 0 spiro atoms. The summed E-state index contributed by atoms with van der Waals surface area (Å²) in [6.45, 7) is 3.57. The molecule has 2 atom stereocenters. The lowest BCUT2D eigenvalue weighted by Crippen LogP contribution is -2.15. The van der Waals surface area contributed by atoms with Crippen LogP contribution in [-0.2, 0) is 9.53 Å². The van der Waals surface area contributed by atoms with Crippen molar-refractivity contribution >= 4 is 6.29 Å². The van der Waals surface area contributed by atoms with Crippen LogP contribution in [0.5, 0.6) is 0 Å². The summed E-state index contributed by atoms with van der Waals surface area (Å²) in [6, 6.07) is 8.11. The molecular weight excluding hydrogens is 188 g/mol. The molecule has 1 aliphatic rings. The standard InChI is InChI=1S/C13H16O2/c1-10-4-2-3-5-12(10)13(8-14)11-6-7-15-9-11/h2-5,8,11,13H,6-7,9H2,1H3. The molecule has 2 nitrogen and oxygen atoms in total. The Hall–Kier alpha value is -1.15. The topological polar surface area (TPSA) is 26.3 Å². The third-order valence-electron chi connectivity index (χ3n) is 3.17. The van der Waals surface area contributed by atoms with Crippen LogP contribution in [0.1, 0.15) is 23.5 Å². The van der Waals surface area contributed by atoms with E-state index in [1.54, 1.807) is 0 Å². The van der Waals surface area contributed by atoms with E-state index in [2.05, 4.69) is 13.0 Å². The molecule has 0 bridgehead atoms. The van der Waals surface area contributed by atoms with Crippen LogP contribution in [-0.4, -0.2) is 19.5 Å². The number of carbonyl (C=O) groups is 1. The molecule has 15 heavy (non-hydrogen) atoms. The van der Waals surface area contributed by atoms with Gasteiger partial charge in [-0.05, 0) is 30.4 Å². The lowest BCUT2D eigenvalue weighted by atomic mass is 9.84. The molecule has 0 radical (unpaired) electrons. The van der Waals surface area contributed by atoms with E-state index in [4.69, 9.17) is 4.74 Å². The molecule has 0 saturated carbocycles. The Morgan fingerprint density at radius 1 is 1.47 bits per heavy atom. The fourth-order valence-electron chi connectivity index (χ4n) is 2.24.